The van der Waals surface area contributed by atoms with Crippen LogP contribution >= 0.6 is 15.9 Å². The molecule has 0 spiro atoms. The average Bonchev–Trinajstić information content (AvgIpc) is 2.08. The molecule has 1 heterocycles. The summed E-state index contributed by atoms with van der Waals surface area (Å²) in [7, 11) is 0. The van der Waals surface area contributed by atoms with E-state index < -0.39 is 0 Å². The van der Waals surface area contributed by atoms with E-state index in [4.69, 9.17) is 0 Å². The van der Waals surface area contributed by atoms with Gasteiger partial charge in [-0.1, -0.05) is 6.42 Å². The largest absolute Gasteiger partial charge is 0.326 e. The topological polar surface area (TPSA) is 62.0 Å². The third-order valence-electron chi connectivity index (χ3n) is 2.60. The van der Waals surface area contributed by atoms with E-state index in [9.17, 15) is 9.59 Å². The summed E-state index contributed by atoms with van der Waals surface area (Å²) in [5.41, 5.74) is 0.0344. The fourth-order valence-corrected chi connectivity index (χ4v) is 1.80. The quantitative estimate of drug-likeness (QED) is 0.862. The van der Waals surface area contributed by atoms with Crippen molar-refractivity contribution < 1.29 is 4.79 Å². The van der Waals surface area contributed by atoms with E-state index in [1.807, 2.05) is 0 Å². The monoisotopic (exact) mass is 270 g/mol. The SMILES string of the molecule is O=C(Nc1cc(Br)c[nH]c1=O)C1CCC1. The number of amides is 1. The third-order valence-corrected chi connectivity index (χ3v) is 3.06. The summed E-state index contributed by atoms with van der Waals surface area (Å²) in [6, 6.07) is 1.61. The summed E-state index contributed by atoms with van der Waals surface area (Å²) in [4.78, 5) is 25.5. The van der Waals surface area contributed by atoms with Crippen molar-refractivity contribution in [1.82, 2.24) is 4.98 Å². The van der Waals surface area contributed by atoms with Crippen molar-refractivity contribution in [1.29, 1.82) is 0 Å². The molecule has 2 rings (SSSR count). The number of H-pyrrole nitrogens is 1. The molecule has 0 saturated heterocycles. The number of hydrogen-bond acceptors (Lipinski definition) is 2. The van der Waals surface area contributed by atoms with Gasteiger partial charge in [0.2, 0.25) is 5.91 Å². The second-order valence-corrected chi connectivity index (χ2v) is 4.59. The van der Waals surface area contributed by atoms with E-state index in [2.05, 4.69) is 26.2 Å². The Morgan fingerprint density at radius 3 is 2.87 bits per heavy atom. The zero-order valence-corrected chi connectivity index (χ0v) is 9.63. The second kappa shape index (κ2) is 4.18. The molecule has 0 atom stereocenters. The van der Waals surface area contributed by atoms with Crippen LogP contribution in [0.3, 0.4) is 0 Å². The Kier molecular flexibility index (Phi) is 2.90. The van der Waals surface area contributed by atoms with Gasteiger partial charge >= 0.3 is 0 Å². The van der Waals surface area contributed by atoms with Crippen LogP contribution in [0.4, 0.5) is 5.69 Å². The predicted octanol–water partition coefficient (Wildman–Crippen LogP) is 1.88. The zero-order chi connectivity index (χ0) is 10.8. The highest BCUT2D eigenvalue weighted by molar-refractivity contribution is 9.10. The number of rotatable bonds is 2. The van der Waals surface area contributed by atoms with E-state index >= 15 is 0 Å². The molecule has 0 bridgehead atoms. The molecular formula is C10H11BrN2O2. The maximum atomic E-state index is 11.6. The van der Waals surface area contributed by atoms with E-state index in [0.717, 1.165) is 23.7 Å². The summed E-state index contributed by atoms with van der Waals surface area (Å²) in [6.07, 6.45) is 4.50. The highest BCUT2D eigenvalue weighted by Crippen LogP contribution is 2.27. The lowest BCUT2D eigenvalue weighted by Crippen LogP contribution is -2.30. The molecule has 1 aromatic heterocycles. The molecule has 1 aromatic rings. The Bertz CT molecular complexity index is 437. The molecule has 0 radical (unpaired) electrons. The van der Waals surface area contributed by atoms with Gasteiger partial charge in [-0.05, 0) is 34.8 Å². The highest BCUT2D eigenvalue weighted by Gasteiger charge is 2.25. The van der Waals surface area contributed by atoms with Gasteiger partial charge in [-0.2, -0.15) is 0 Å². The summed E-state index contributed by atoms with van der Waals surface area (Å²) in [5, 5.41) is 2.64. The number of carbonyl (C=O) groups excluding carboxylic acids is 1. The lowest BCUT2D eigenvalue weighted by molar-refractivity contribution is -0.122. The minimum Gasteiger partial charge on any atom is -0.326 e. The molecule has 0 aromatic carbocycles. The number of anilines is 1. The van der Waals surface area contributed by atoms with Crippen LogP contribution in [0.25, 0.3) is 0 Å². The van der Waals surface area contributed by atoms with Crippen LogP contribution in [-0.4, -0.2) is 10.9 Å². The number of carbonyl (C=O) groups is 1. The summed E-state index contributed by atoms with van der Waals surface area (Å²) >= 11 is 3.23. The molecule has 2 N–H and O–H groups in total. The number of aromatic nitrogens is 1. The molecule has 1 saturated carbocycles. The fourth-order valence-electron chi connectivity index (χ4n) is 1.46. The van der Waals surface area contributed by atoms with Crippen molar-refractivity contribution in [2.45, 2.75) is 19.3 Å². The van der Waals surface area contributed by atoms with Crippen molar-refractivity contribution in [3.8, 4) is 0 Å². The molecule has 1 fully saturated rings. The normalized spacial score (nSPS) is 15.8. The number of hydrogen-bond donors (Lipinski definition) is 2. The van der Waals surface area contributed by atoms with Gasteiger partial charge in [0.25, 0.3) is 5.56 Å². The lowest BCUT2D eigenvalue weighted by Gasteiger charge is -2.23. The van der Waals surface area contributed by atoms with Crippen LogP contribution < -0.4 is 10.9 Å². The number of halogens is 1. The Labute approximate surface area is 95.2 Å². The van der Waals surface area contributed by atoms with Crippen LogP contribution in [0.2, 0.25) is 0 Å². The molecule has 5 heteroatoms. The first kappa shape index (κ1) is 10.4. The van der Waals surface area contributed by atoms with Gasteiger partial charge in [-0.3, -0.25) is 9.59 Å². The minimum absolute atomic E-state index is 0.0511. The number of nitrogens with one attached hydrogen (secondary N) is 2. The lowest BCUT2D eigenvalue weighted by atomic mass is 9.85. The fraction of sp³-hybridized carbons (Fsp3) is 0.400. The van der Waals surface area contributed by atoms with Crippen molar-refractivity contribution in [2.75, 3.05) is 5.32 Å². The predicted molar refractivity (Wildman–Crippen MR) is 60.7 cm³/mol. The third kappa shape index (κ3) is 2.28. The number of aromatic amines is 1. The Morgan fingerprint density at radius 1 is 1.53 bits per heavy atom. The Morgan fingerprint density at radius 2 is 2.27 bits per heavy atom. The van der Waals surface area contributed by atoms with Gasteiger partial charge in [0.05, 0.1) is 0 Å². The van der Waals surface area contributed by atoms with Crippen LogP contribution in [0.1, 0.15) is 19.3 Å². The molecule has 80 valence electrons. The van der Waals surface area contributed by atoms with Gasteiger partial charge in [0.15, 0.2) is 0 Å². The van der Waals surface area contributed by atoms with Crippen molar-refractivity contribution >= 4 is 27.5 Å². The van der Waals surface area contributed by atoms with Crippen LogP contribution in [0.15, 0.2) is 21.5 Å². The number of pyridine rings is 1. The molecular weight excluding hydrogens is 260 g/mol. The first-order valence-electron chi connectivity index (χ1n) is 4.86. The van der Waals surface area contributed by atoms with Crippen molar-refractivity contribution in [3.05, 3.63) is 27.1 Å². The maximum Gasteiger partial charge on any atom is 0.271 e. The Balaban J connectivity index is 2.12. The van der Waals surface area contributed by atoms with Crippen molar-refractivity contribution in [2.24, 2.45) is 5.92 Å². The van der Waals surface area contributed by atoms with E-state index in [1.165, 1.54) is 0 Å². The van der Waals surface area contributed by atoms with Crippen LogP contribution in [-0.2, 0) is 4.79 Å². The highest BCUT2D eigenvalue weighted by atomic mass is 79.9. The standard InChI is InChI=1S/C10H11BrN2O2/c11-7-4-8(10(15)12-5-7)13-9(14)6-2-1-3-6/h4-6H,1-3H2,(H,12,15)(H,13,14). The molecule has 1 aliphatic rings. The van der Waals surface area contributed by atoms with Crippen molar-refractivity contribution in [3.63, 3.8) is 0 Å². The van der Waals surface area contributed by atoms with E-state index in [-0.39, 0.29) is 17.4 Å². The average molecular weight is 271 g/mol. The molecule has 4 nitrogen and oxygen atoms in total. The Hall–Kier alpha value is -1.10. The molecule has 1 aliphatic carbocycles. The van der Waals surface area contributed by atoms with Gasteiger partial charge < -0.3 is 10.3 Å². The van der Waals surface area contributed by atoms with Gasteiger partial charge in [0, 0.05) is 16.6 Å². The first-order valence-corrected chi connectivity index (χ1v) is 5.65. The van der Waals surface area contributed by atoms with E-state index in [1.54, 1.807) is 12.3 Å². The van der Waals surface area contributed by atoms with Crippen LogP contribution in [0, 0.1) is 5.92 Å². The molecule has 15 heavy (non-hydrogen) atoms. The summed E-state index contributed by atoms with van der Waals surface area (Å²) in [6.45, 7) is 0. The molecule has 1 amide bonds. The van der Waals surface area contributed by atoms with Gasteiger partial charge in [-0.25, -0.2) is 0 Å². The molecule has 0 aliphatic heterocycles. The summed E-state index contributed by atoms with van der Waals surface area (Å²) < 4.78 is 0.742. The van der Waals surface area contributed by atoms with E-state index in [0.29, 0.717) is 5.69 Å². The van der Waals surface area contributed by atoms with Gasteiger partial charge in [0.1, 0.15) is 5.69 Å². The maximum absolute atomic E-state index is 11.6. The summed E-state index contributed by atoms with van der Waals surface area (Å²) in [5.74, 6) is 0.0354. The first-order chi connectivity index (χ1) is 7.16. The van der Waals surface area contributed by atoms with Gasteiger partial charge in [-0.15, -0.1) is 0 Å². The van der Waals surface area contributed by atoms with Crippen LogP contribution in [0.5, 0.6) is 0 Å². The molecule has 0 unspecified atom stereocenters. The second-order valence-electron chi connectivity index (χ2n) is 3.68. The smallest absolute Gasteiger partial charge is 0.271 e. The minimum atomic E-state index is -0.272. The zero-order valence-electron chi connectivity index (χ0n) is 8.05.